The van der Waals surface area contributed by atoms with Crippen molar-refractivity contribution in [2.75, 3.05) is 13.2 Å². The Balaban J connectivity index is 0.00000684. The van der Waals surface area contributed by atoms with Crippen LogP contribution in [0.2, 0.25) is 0 Å². The number of ketones is 2. The first-order valence-corrected chi connectivity index (χ1v) is 12.4. The molecule has 0 bridgehead atoms. The first-order valence-electron chi connectivity index (χ1n) is 10.2. The van der Waals surface area contributed by atoms with E-state index in [0.717, 1.165) is 33.7 Å². The number of nitrogens with zero attached hydrogens (tertiary/aromatic N) is 2. The number of ether oxygens (including phenoxy) is 2. The second kappa shape index (κ2) is 14.7. The number of hydrogen-bond acceptors (Lipinski definition) is 12. The zero-order valence-electron chi connectivity index (χ0n) is 19.1. The predicted octanol–water partition coefficient (Wildman–Crippen LogP) is 5.46. The van der Waals surface area contributed by atoms with Crippen molar-refractivity contribution in [3.63, 3.8) is 0 Å². The van der Waals surface area contributed by atoms with Crippen LogP contribution in [0.1, 0.15) is 56.3 Å². The Morgan fingerprint density at radius 2 is 1.11 bits per heavy atom. The molecule has 2 rings (SSSR count). The minimum atomic E-state index is -0.957. The number of benzene rings is 2. The number of carbonyl (C=O) groups excluding carboxylic acids is 4. The maximum absolute atomic E-state index is 12.3. The topological polar surface area (TPSA) is 173 Å². The monoisotopic (exact) mass is 554 g/mol. The maximum Gasteiger partial charge on any atom is 0.345 e. The largest absolute Gasteiger partial charge is 0.461 e. The molecule has 0 atom stereocenters. The SMILES string of the molecule is C.CC(=O)CCOC(=O)c1cc(SSc2ccc([N+](=O)[O-])c(C(=O)OCCC(C)=O)c2)ccc1[N+](=O)[O-].[HH]. The van der Waals surface area contributed by atoms with Crippen molar-refractivity contribution >= 4 is 56.5 Å². The Hall–Kier alpha value is -3.78. The number of esters is 2. The van der Waals surface area contributed by atoms with Crippen molar-refractivity contribution in [3.8, 4) is 0 Å². The van der Waals surface area contributed by atoms with E-state index in [-0.39, 0.29) is 57.6 Å². The molecule has 0 radical (unpaired) electrons. The van der Waals surface area contributed by atoms with Gasteiger partial charge in [0.15, 0.2) is 0 Å². The van der Waals surface area contributed by atoms with Gasteiger partial charge in [0.2, 0.25) is 0 Å². The molecule has 0 fully saturated rings. The minimum absolute atomic E-state index is 0. The third-order valence-electron chi connectivity index (χ3n) is 4.38. The molecule has 200 valence electrons. The van der Waals surface area contributed by atoms with Crippen molar-refractivity contribution in [2.24, 2.45) is 0 Å². The summed E-state index contributed by atoms with van der Waals surface area (Å²) in [6, 6.07) is 7.60. The lowest BCUT2D eigenvalue weighted by molar-refractivity contribution is -0.385. The van der Waals surface area contributed by atoms with Gasteiger partial charge < -0.3 is 9.47 Å². The highest BCUT2D eigenvalue weighted by Gasteiger charge is 2.24. The third kappa shape index (κ3) is 9.65. The molecule has 0 amide bonds. The van der Waals surface area contributed by atoms with Gasteiger partial charge >= 0.3 is 11.9 Å². The van der Waals surface area contributed by atoms with E-state index in [1.807, 2.05) is 0 Å². The van der Waals surface area contributed by atoms with Crippen LogP contribution in [-0.2, 0) is 19.1 Å². The van der Waals surface area contributed by atoms with Crippen molar-refractivity contribution in [2.45, 2.75) is 43.9 Å². The van der Waals surface area contributed by atoms with Crippen LogP contribution in [0.15, 0.2) is 46.2 Å². The molecule has 12 nitrogen and oxygen atoms in total. The van der Waals surface area contributed by atoms with Crippen molar-refractivity contribution in [3.05, 3.63) is 67.8 Å². The maximum atomic E-state index is 12.3. The van der Waals surface area contributed by atoms with Gasteiger partial charge in [-0.1, -0.05) is 29.0 Å². The Morgan fingerprint density at radius 1 is 0.757 bits per heavy atom. The van der Waals surface area contributed by atoms with Gasteiger partial charge in [-0.2, -0.15) is 0 Å². The van der Waals surface area contributed by atoms with E-state index in [4.69, 9.17) is 9.47 Å². The lowest BCUT2D eigenvalue weighted by atomic mass is 10.2. The van der Waals surface area contributed by atoms with Gasteiger partial charge in [0, 0.05) is 36.2 Å². The van der Waals surface area contributed by atoms with Crippen molar-refractivity contribution in [1.82, 2.24) is 0 Å². The summed E-state index contributed by atoms with van der Waals surface area (Å²) < 4.78 is 9.91. The summed E-state index contributed by atoms with van der Waals surface area (Å²) >= 11 is 0. The average Bonchev–Trinajstić information content (AvgIpc) is 2.81. The molecule has 0 spiro atoms. The molecule has 2 aromatic rings. The Bertz CT molecular complexity index is 1130. The lowest BCUT2D eigenvalue weighted by Gasteiger charge is -2.08. The summed E-state index contributed by atoms with van der Waals surface area (Å²) in [4.78, 5) is 68.7. The van der Waals surface area contributed by atoms with E-state index in [1.54, 1.807) is 0 Å². The highest BCUT2D eigenvalue weighted by molar-refractivity contribution is 8.76. The van der Waals surface area contributed by atoms with Crippen LogP contribution in [0.5, 0.6) is 0 Å². The molecular formula is C23H26N2O10S2. The first-order chi connectivity index (χ1) is 17.0. The van der Waals surface area contributed by atoms with E-state index in [2.05, 4.69) is 0 Å². The van der Waals surface area contributed by atoms with Crippen LogP contribution < -0.4 is 0 Å². The van der Waals surface area contributed by atoms with Gasteiger partial charge in [0.25, 0.3) is 11.4 Å². The summed E-state index contributed by atoms with van der Waals surface area (Å²) in [5.74, 6) is -2.32. The zero-order valence-corrected chi connectivity index (χ0v) is 20.7. The van der Waals surface area contributed by atoms with Gasteiger partial charge in [0.1, 0.15) is 22.7 Å². The highest BCUT2D eigenvalue weighted by atomic mass is 33.1. The Kier molecular flexibility index (Phi) is 12.4. The standard InChI is InChI=1S/C22H20N2O10S2.CH4.H2/c1-13(25)7-9-33-21(27)17-11-15(3-5-19(17)23(29)30)35-36-16-4-6-20(24(31)32)18(12-16)22(28)34-10-8-14(2)26;;/h3-6,11-12H,7-10H2,1-2H3;1H4;1H. The van der Waals surface area contributed by atoms with Gasteiger partial charge in [-0.3, -0.25) is 29.8 Å². The van der Waals surface area contributed by atoms with Crippen LogP contribution >= 0.6 is 21.6 Å². The number of carbonyl (C=O) groups is 4. The fraction of sp³-hybridized carbons (Fsp3) is 0.304. The van der Waals surface area contributed by atoms with E-state index >= 15 is 0 Å². The summed E-state index contributed by atoms with van der Waals surface area (Å²) in [6.45, 7) is 2.21. The molecule has 0 aliphatic carbocycles. The molecule has 0 aliphatic rings. The van der Waals surface area contributed by atoms with Crippen molar-refractivity contribution < 1.29 is 39.9 Å². The van der Waals surface area contributed by atoms with Crippen LogP contribution in [0.3, 0.4) is 0 Å². The van der Waals surface area contributed by atoms with E-state index in [1.165, 1.54) is 38.1 Å². The molecule has 2 aromatic carbocycles. The van der Waals surface area contributed by atoms with Gasteiger partial charge in [0.05, 0.1) is 23.1 Å². The Labute approximate surface area is 221 Å². The zero-order chi connectivity index (χ0) is 26.8. The van der Waals surface area contributed by atoms with Crippen molar-refractivity contribution in [1.29, 1.82) is 0 Å². The van der Waals surface area contributed by atoms with E-state index in [0.29, 0.717) is 9.79 Å². The fourth-order valence-electron chi connectivity index (χ4n) is 2.61. The molecule has 0 saturated heterocycles. The van der Waals surface area contributed by atoms with E-state index < -0.39 is 33.2 Å². The quantitative estimate of drug-likeness (QED) is 0.133. The fourth-order valence-corrected chi connectivity index (χ4v) is 4.58. The second-order valence-electron chi connectivity index (χ2n) is 7.21. The molecular weight excluding hydrogens is 528 g/mol. The summed E-state index contributed by atoms with van der Waals surface area (Å²) in [7, 11) is 2.15. The summed E-state index contributed by atoms with van der Waals surface area (Å²) in [6.07, 6.45) is -0.0486. The normalized spacial score (nSPS) is 10.1. The van der Waals surface area contributed by atoms with Crippen LogP contribution in [0.25, 0.3) is 0 Å². The molecule has 0 aromatic heterocycles. The second-order valence-corrected chi connectivity index (χ2v) is 9.49. The molecule has 37 heavy (non-hydrogen) atoms. The van der Waals surface area contributed by atoms with Crippen LogP contribution in [0, 0.1) is 20.2 Å². The number of nitro groups is 2. The number of hydrogen-bond donors (Lipinski definition) is 0. The van der Waals surface area contributed by atoms with Gasteiger partial charge in [-0.05, 0) is 38.1 Å². The van der Waals surface area contributed by atoms with Crippen LogP contribution in [0.4, 0.5) is 11.4 Å². The summed E-state index contributed by atoms with van der Waals surface area (Å²) in [5, 5.41) is 22.6. The molecule has 0 unspecified atom stereocenters. The van der Waals surface area contributed by atoms with Gasteiger partial charge in [-0.25, -0.2) is 9.59 Å². The molecule has 0 aliphatic heterocycles. The Morgan fingerprint density at radius 3 is 1.41 bits per heavy atom. The molecule has 0 saturated carbocycles. The molecule has 14 heteroatoms. The molecule has 0 heterocycles. The lowest BCUT2D eigenvalue weighted by Crippen LogP contribution is -2.11. The molecule has 0 N–H and O–H groups in total. The smallest absolute Gasteiger partial charge is 0.345 e. The predicted molar refractivity (Wildman–Crippen MR) is 138 cm³/mol. The average molecular weight is 555 g/mol. The first kappa shape index (κ1) is 31.3. The third-order valence-corrected chi connectivity index (χ3v) is 6.76. The minimum Gasteiger partial charge on any atom is -0.461 e. The van der Waals surface area contributed by atoms with E-state index in [9.17, 15) is 39.4 Å². The summed E-state index contributed by atoms with van der Waals surface area (Å²) in [5.41, 5.74) is -1.54. The number of rotatable bonds is 13. The van der Waals surface area contributed by atoms with Crippen LogP contribution in [-0.4, -0.2) is 46.6 Å². The highest BCUT2D eigenvalue weighted by Crippen LogP contribution is 2.40. The number of nitro benzene ring substituents is 2. The van der Waals surface area contributed by atoms with Gasteiger partial charge in [-0.15, -0.1) is 0 Å². The number of Topliss-reactive ketones (excluding diaryl/α,β-unsaturated/α-hetero) is 2.